The molecule has 0 bridgehead atoms. The van der Waals surface area contributed by atoms with Crippen LogP contribution >= 0.6 is 0 Å². The number of aliphatic hydroxyl groups excluding tert-OH is 1. The van der Waals surface area contributed by atoms with Gasteiger partial charge in [-0.15, -0.1) is 0 Å². The number of aliphatic hydroxyl groups is 1. The number of carbonyl (C=O) groups is 1. The SMILES string of the molecule is COc1ccc(N(CCc2ccc(C(F)(F)F)cc2)C(=O)[C@@H](O)c2ccccc2)cc1OC.COc1ccc(NCCc2ccc(C(F)(F)F)cc2)cc1OC. The molecule has 5 aromatic carbocycles. The lowest BCUT2D eigenvalue weighted by molar-refractivity contribution is -0.138. The van der Waals surface area contributed by atoms with Crippen molar-refractivity contribution in [1.82, 2.24) is 0 Å². The van der Waals surface area contributed by atoms with Crippen LogP contribution in [0.3, 0.4) is 0 Å². The predicted molar refractivity (Wildman–Crippen MR) is 202 cm³/mol. The first-order valence-corrected chi connectivity index (χ1v) is 17.2. The molecular weight excluding hydrogens is 742 g/mol. The van der Waals surface area contributed by atoms with Gasteiger partial charge in [-0.2, -0.15) is 26.3 Å². The summed E-state index contributed by atoms with van der Waals surface area (Å²) in [5.41, 5.74) is 1.84. The molecule has 0 aliphatic rings. The fraction of sp³-hybridized carbons (Fsp3) is 0.262. The van der Waals surface area contributed by atoms with Gasteiger partial charge in [-0.05, 0) is 78.1 Å². The molecule has 0 unspecified atom stereocenters. The second-order valence-electron chi connectivity index (χ2n) is 12.2. The van der Waals surface area contributed by atoms with Crippen molar-refractivity contribution < 1.29 is 55.2 Å². The zero-order valence-corrected chi connectivity index (χ0v) is 31.1. The van der Waals surface area contributed by atoms with Crippen LogP contribution in [0.2, 0.25) is 0 Å². The largest absolute Gasteiger partial charge is 0.493 e. The third kappa shape index (κ3) is 11.8. The van der Waals surface area contributed by atoms with Crippen LogP contribution in [0.1, 0.15) is 33.9 Å². The summed E-state index contributed by atoms with van der Waals surface area (Å²) in [6, 6.07) is 28.9. The number of benzene rings is 5. The lowest BCUT2D eigenvalue weighted by atomic mass is 10.1. The highest BCUT2D eigenvalue weighted by molar-refractivity contribution is 5.97. The summed E-state index contributed by atoms with van der Waals surface area (Å²) in [5, 5.41) is 13.9. The van der Waals surface area contributed by atoms with Gasteiger partial charge in [-0.25, -0.2) is 0 Å². The quantitative estimate of drug-likeness (QED) is 0.109. The molecule has 0 radical (unpaired) electrons. The van der Waals surface area contributed by atoms with Gasteiger partial charge in [0.1, 0.15) is 0 Å². The Morgan fingerprint density at radius 1 is 0.625 bits per heavy atom. The molecule has 0 heterocycles. The van der Waals surface area contributed by atoms with Crippen LogP contribution < -0.4 is 29.2 Å². The topological polar surface area (TPSA) is 89.5 Å². The van der Waals surface area contributed by atoms with E-state index in [4.69, 9.17) is 18.9 Å². The van der Waals surface area contributed by atoms with Gasteiger partial charge >= 0.3 is 12.4 Å². The minimum Gasteiger partial charge on any atom is -0.493 e. The highest BCUT2D eigenvalue weighted by Crippen LogP contribution is 2.34. The number of alkyl halides is 6. The monoisotopic (exact) mass is 784 g/mol. The van der Waals surface area contributed by atoms with Crippen molar-refractivity contribution in [2.75, 3.05) is 51.7 Å². The van der Waals surface area contributed by atoms with Crippen LogP contribution in [0.25, 0.3) is 0 Å². The smallest absolute Gasteiger partial charge is 0.416 e. The van der Waals surface area contributed by atoms with Crippen molar-refractivity contribution >= 4 is 17.3 Å². The summed E-state index contributed by atoms with van der Waals surface area (Å²) in [4.78, 5) is 14.6. The molecule has 14 heteroatoms. The zero-order chi connectivity index (χ0) is 40.9. The molecule has 0 fully saturated rings. The van der Waals surface area contributed by atoms with Crippen molar-refractivity contribution in [2.45, 2.75) is 31.3 Å². The summed E-state index contributed by atoms with van der Waals surface area (Å²) < 4.78 is 96.9. The van der Waals surface area contributed by atoms with Gasteiger partial charge in [0.2, 0.25) is 0 Å². The third-order valence-electron chi connectivity index (χ3n) is 8.61. The van der Waals surface area contributed by atoms with E-state index in [0.29, 0.717) is 52.8 Å². The van der Waals surface area contributed by atoms with Gasteiger partial charge in [-0.1, -0.05) is 54.6 Å². The number of carbonyl (C=O) groups excluding carboxylic acids is 1. The molecule has 5 aromatic rings. The molecule has 5 rings (SSSR count). The number of rotatable bonds is 14. The van der Waals surface area contributed by atoms with Crippen LogP contribution in [-0.2, 0) is 30.0 Å². The van der Waals surface area contributed by atoms with Gasteiger partial charge in [-0.3, -0.25) is 4.79 Å². The number of hydrogen-bond donors (Lipinski definition) is 2. The number of methoxy groups -OCH3 is 4. The van der Waals surface area contributed by atoms with E-state index in [2.05, 4.69) is 5.32 Å². The molecule has 8 nitrogen and oxygen atoms in total. The van der Waals surface area contributed by atoms with Gasteiger partial charge in [0.25, 0.3) is 5.91 Å². The molecular formula is C42H42F6N2O6. The average Bonchev–Trinajstić information content (AvgIpc) is 3.20. The fourth-order valence-electron chi connectivity index (χ4n) is 5.54. The minimum absolute atomic E-state index is 0.129. The third-order valence-corrected chi connectivity index (χ3v) is 8.61. The van der Waals surface area contributed by atoms with E-state index >= 15 is 0 Å². The molecule has 0 saturated carbocycles. The van der Waals surface area contributed by atoms with Crippen LogP contribution in [0, 0.1) is 0 Å². The van der Waals surface area contributed by atoms with Crippen molar-refractivity contribution in [3.63, 3.8) is 0 Å². The maximum Gasteiger partial charge on any atom is 0.416 e. The molecule has 1 amide bonds. The Kier molecular flexibility index (Phi) is 15.0. The van der Waals surface area contributed by atoms with Crippen LogP contribution in [0.5, 0.6) is 23.0 Å². The van der Waals surface area contributed by atoms with Crippen molar-refractivity contribution in [3.8, 4) is 23.0 Å². The van der Waals surface area contributed by atoms with Crippen LogP contribution in [0.4, 0.5) is 37.7 Å². The summed E-state index contributed by atoms with van der Waals surface area (Å²) in [6.45, 7) is 0.727. The van der Waals surface area contributed by atoms with Crippen LogP contribution in [-0.4, -0.2) is 52.5 Å². The second-order valence-corrected chi connectivity index (χ2v) is 12.2. The molecule has 0 aliphatic carbocycles. The normalized spacial score (nSPS) is 11.8. The Morgan fingerprint density at radius 3 is 1.61 bits per heavy atom. The van der Waals surface area contributed by atoms with E-state index in [9.17, 15) is 36.2 Å². The number of hydrogen-bond acceptors (Lipinski definition) is 7. The molecule has 56 heavy (non-hydrogen) atoms. The predicted octanol–water partition coefficient (Wildman–Crippen LogP) is 9.41. The lowest BCUT2D eigenvalue weighted by Crippen LogP contribution is -2.37. The van der Waals surface area contributed by atoms with Gasteiger partial charge < -0.3 is 34.3 Å². The van der Waals surface area contributed by atoms with Gasteiger partial charge in [0.15, 0.2) is 29.1 Å². The summed E-state index contributed by atoms with van der Waals surface area (Å²) >= 11 is 0. The first kappa shape index (κ1) is 42.8. The summed E-state index contributed by atoms with van der Waals surface area (Å²) in [6.07, 6.45) is -9.23. The molecule has 0 aliphatic heterocycles. The first-order chi connectivity index (χ1) is 26.7. The van der Waals surface area contributed by atoms with E-state index in [1.807, 2.05) is 12.1 Å². The minimum atomic E-state index is -4.42. The van der Waals surface area contributed by atoms with E-state index < -0.39 is 35.5 Å². The molecule has 0 spiro atoms. The van der Waals surface area contributed by atoms with Gasteiger partial charge in [0.05, 0.1) is 39.6 Å². The van der Waals surface area contributed by atoms with Gasteiger partial charge in [0, 0.05) is 36.6 Å². The Hall–Kier alpha value is -5.89. The number of anilines is 2. The van der Waals surface area contributed by atoms with E-state index in [1.165, 1.54) is 43.4 Å². The number of ether oxygens (including phenoxy) is 4. The number of amides is 1. The van der Waals surface area contributed by atoms with E-state index in [0.717, 1.165) is 35.5 Å². The van der Waals surface area contributed by atoms with Crippen molar-refractivity contribution in [2.24, 2.45) is 0 Å². The Bertz CT molecular complexity index is 1990. The molecule has 298 valence electrons. The Labute approximate surface area is 321 Å². The zero-order valence-electron chi connectivity index (χ0n) is 31.1. The first-order valence-electron chi connectivity index (χ1n) is 17.2. The summed E-state index contributed by atoms with van der Waals surface area (Å²) in [5.74, 6) is 1.56. The van der Waals surface area contributed by atoms with Crippen molar-refractivity contribution in [1.29, 1.82) is 0 Å². The van der Waals surface area contributed by atoms with E-state index in [-0.39, 0.29) is 13.0 Å². The van der Waals surface area contributed by atoms with Crippen molar-refractivity contribution in [3.05, 3.63) is 143 Å². The maximum absolute atomic E-state index is 13.3. The maximum atomic E-state index is 13.3. The number of nitrogens with zero attached hydrogens (tertiary/aromatic N) is 1. The lowest BCUT2D eigenvalue weighted by Gasteiger charge is -2.26. The highest BCUT2D eigenvalue weighted by Gasteiger charge is 2.31. The molecule has 0 saturated heterocycles. The van der Waals surface area contributed by atoms with E-state index in [1.54, 1.807) is 68.8 Å². The highest BCUT2D eigenvalue weighted by atomic mass is 19.4. The molecule has 0 aromatic heterocycles. The summed E-state index contributed by atoms with van der Waals surface area (Å²) in [7, 11) is 6.08. The Morgan fingerprint density at radius 2 is 1.11 bits per heavy atom. The fourth-order valence-corrected chi connectivity index (χ4v) is 5.54. The number of halogens is 6. The molecule has 2 N–H and O–H groups in total. The van der Waals surface area contributed by atoms with Crippen LogP contribution in [0.15, 0.2) is 115 Å². The molecule has 1 atom stereocenters. The standard InChI is InChI=1S/C25H24F3NO4.C17H18F3NO2/c1-32-21-13-12-20(16-22(21)33-2)29(24(31)23(30)18-6-4-3-5-7-18)15-14-17-8-10-19(11-9-17)25(26,27)28;1-22-15-8-7-14(11-16(15)23-2)21-10-9-12-3-5-13(6-4-12)17(18,19)20/h3-13,16,23,30H,14-15H2,1-2H3;3-8,11,21H,9-10H2,1-2H3/t23-;/m0./s1. The average molecular weight is 785 g/mol. The number of nitrogens with one attached hydrogen (secondary N) is 1. The second kappa shape index (κ2) is 19.6. The Balaban J connectivity index is 0.000000265.